The van der Waals surface area contributed by atoms with Gasteiger partial charge in [-0.1, -0.05) is 60.1 Å². The lowest BCUT2D eigenvalue weighted by molar-refractivity contribution is -0.178. The molecule has 0 aromatic heterocycles. The van der Waals surface area contributed by atoms with Crippen LogP contribution in [0.1, 0.15) is 113 Å². The van der Waals surface area contributed by atoms with Crippen LogP contribution in [0.15, 0.2) is 11.6 Å². The lowest BCUT2D eigenvalue weighted by Crippen LogP contribution is -2.58. The monoisotopic (exact) mass is 484 g/mol. The number of hydrogen-bond donors (Lipinski definition) is 0. The third-order valence-electron chi connectivity index (χ3n) is 13.3. The normalized spacial score (nSPS) is 50.3. The molecule has 198 valence electrons. The Morgan fingerprint density at radius 3 is 2.11 bits per heavy atom. The van der Waals surface area contributed by atoms with Gasteiger partial charge in [-0.2, -0.15) is 0 Å². The Labute approximate surface area is 215 Å². The van der Waals surface area contributed by atoms with Crippen molar-refractivity contribution in [3.8, 4) is 0 Å². The highest BCUT2D eigenvalue weighted by Gasteiger charge is 2.63. The first kappa shape index (κ1) is 25.8. The van der Waals surface area contributed by atoms with Crippen molar-refractivity contribution in [1.29, 1.82) is 0 Å². The molecule has 0 heterocycles. The van der Waals surface area contributed by atoms with Crippen LogP contribution in [0.25, 0.3) is 0 Å². The molecule has 0 aromatic rings. The van der Waals surface area contributed by atoms with E-state index in [2.05, 4.69) is 54.5 Å². The Morgan fingerprint density at radius 2 is 1.43 bits per heavy atom. The minimum absolute atomic E-state index is 0.0263. The van der Waals surface area contributed by atoms with Crippen molar-refractivity contribution in [1.82, 2.24) is 0 Å². The summed E-state index contributed by atoms with van der Waals surface area (Å²) in [4.78, 5) is 11.2. The fourth-order valence-corrected chi connectivity index (χ4v) is 11.6. The van der Waals surface area contributed by atoms with Crippen LogP contribution >= 0.6 is 0 Å². The van der Waals surface area contributed by atoms with Gasteiger partial charge in [-0.15, -0.1) is 0 Å². The summed E-state index contributed by atoms with van der Waals surface area (Å²) in [5.74, 6) is 2.81. The number of carbonyl (C=O) groups is 1. The number of hydrogen-bond acceptors (Lipinski definition) is 3. The molecule has 9 atom stereocenters. The molecule has 5 aliphatic carbocycles. The fraction of sp³-hybridized carbons (Fsp3) is 0.906. The number of methoxy groups -OCH3 is 1. The number of rotatable bonds is 3. The smallest absolute Gasteiger partial charge is 0.293 e. The average Bonchev–Trinajstić information content (AvgIpc) is 2.93. The Bertz CT molecular complexity index is 872. The molecule has 4 saturated carbocycles. The summed E-state index contributed by atoms with van der Waals surface area (Å²) in [6.45, 7) is 18.3. The van der Waals surface area contributed by atoms with Crippen molar-refractivity contribution >= 4 is 6.47 Å². The molecule has 0 amide bonds. The van der Waals surface area contributed by atoms with Gasteiger partial charge < -0.3 is 9.47 Å². The zero-order chi connectivity index (χ0) is 25.4. The summed E-state index contributed by atoms with van der Waals surface area (Å²) in [6, 6.07) is 0. The van der Waals surface area contributed by atoms with Crippen LogP contribution in [0.4, 0.5) is 0 Å². The molecule has 0 aromatic carbocycles. The van der Waals surface area contributed by atoms with Gasteiger partial charge in [0.15, 0.2) is 0 Å². The third kappa shape index (κ3) is 3.56. The van der Waals surface area contributed by atoms with E-state index < -0.39 is 0 Å². The Kier molecular flexibility index (Phi) is 6.15. The van der Waals surface area contributed by atoms with Crippen LogP contribution < -0.4 is 0 Å². The van der Waals surface area contributed by atoms with Gasteiger partial charge in [-0.05, 0) is 110 Å². The van der Waals surface area contributed by atoms with Gasteiger partial charge in [-0.3, -0.25) is 4.79 Å². The van der Waals surface area contributed by atoms with Crippen molar-refractivity contribution in [2.75, 3.05) is 7.11 Å². The van der Waals surface area contributed by atoms with Gasteiger partial charge in [0.05, 0.1) is 6.10 Å². The number of fused-ring (bicyclic) bond motifs is 6. The summed E-state index contributed by atoms with van der Waals surface area (Å²) >= 11 is 0. The molecule has 5 rings (SSSR count). The van der Waals surface area contributed by atoms with Gasteiger partial charge in [0.2, 0.25) is 0 Å². The van der Waals surface area contributed by atoms with E-state index >= 15 is 0 Å². The van der Waals surface area contributed by atoms with Crippen LogP contribution in [0, 0.1) is 50.7 Å². The highest BCUT2D eigenvalue weighted by Crippen LogP contribution is 2.70. The van der Waals surface area contributed by atoms with E-state index in [1.165, 1.54) is 51.4 Å². The standard InChI is InChI=1S/C32H52O3/c1-28(2)24-13-16-30(5)19-21-9-11-23-29(3,4)27(35-20-33)15-17-31(23,6)22(21)10-12-25(30)32(24,7)18-14-26(28)34-8/h9,20,22-27H,10-19H2,1-8H3. The maximum Gasteiger partial charge on any atom is 0.293 e. The van der Waals surface area contributed by atoms with E-state index in [0.29, 0.717) is 40.7 Å². The lowest BCUT2D eigenvalue weighted by atomic mass is 9.42. The molecule has 0 radical (unpaired) electrons. The van der Waals surface area contributed by atoms with E-state index in [1.54, 1.807) is 5.57 Å². The highest BCUT2D eigenvalue weighted by molar-refractivity contribution is 5.38. The van der Waals surface area contributed by atoms with Gasteiger partial charge in [0.1, 0.15) is 6.10 Å². The maximum absolute atomic E-state index is 11.2. The Hall–Kier alpha value is -0.830. The molecule has 5 aliphatic rings. The second-order valence-electron chi connectivity index (χ2n) is 15.3. The molecule has 0 saturated heterocycles. The summed E-state index contributed by atoms with van der Waals surface area (Å²) in [5, 5.41) is 0. The first-order valence-electron chi connectivity index (χ1n) is 14.7. The van der Waals surface area contributed by atoms with Crippen LogP contribution in [-0.2, 0) is 14.3 Å². The first-order valence-corrected chi connectivity index (χ1v) is 14.7. The molecule has 3 heteroatoms. The molecule has 0 aliphatic heterocycles. The number of allylic oxidation sites excluding steroid dienone is 2. The third-order valence-corrected chi connectivity index (χ3v) is 13.3. The summed E-state index contributed by atoms with van der Waals surface area (Å²) in [5.41, 5.74) is 3.20. The molecule has 9 unspecified atom stereocenters. The fourth-order valence-electron chi connectivity index (χ4n) is 11.6. The lowest BCUT2D eigenvalue weighted by Gasteiger charge is -2.64. The Balaban J connectivity index is 1.47. The van der Waals surface area contributed by atoms with Crippen LogP contribution in [0.3, 0.4) is 0 Å². The molecule has 3 nitrogen and oxygen atoms in total. The van der Waals surface area contributed by atoms with Gasteiger partial charge in [0.25, 0.3) is 6.47 Å². The van der Waals surface area contributed by atoms with Gasteiger partial charge in [0, 0.05) is 12.5 Å². The van der Waals surface area contributed by atoms with Crippen molar-refractivity contribution in [2.24, 2.45) is 50.7 Å². The summed E-state index contributed by atoms with van der Waals surface area (Å²) in [7, 11) is 1.93. The van der Waals surface area contributed by atoms with E-state index in [1.807, 2.05) is 7.11 Å². The quantitative estimate of drug-likeness (QED) is 0.301. The van der Waals surface area contributed by atoms with E-state index in [9.17, 15) is 4.79 Å². The van der Waals surface area contributed by atoms with E-state index in [4.69, 9.17) is 9.47 Å². The SMILES string of the molecule is COC1CCC2(C)C3CCC4C(=CCC5C(C)(C)C(OC=O)CCC45C)CC3(C)CCC2C1(C)C. The second kappa shape index (κ2) is 8.34. The minimum atomic E-state index is 0.0263. The van der Waals surface area contributed by atoms with Crippen molar-refractivity contribution in [3.05, 3.63) is 11.6 Å². The molecule has 4 fully saturated rings. The van der Waals surface area contributed by atoms with Crippen molar-refractivity contribution in [2.45, 2.75) is 125 Å². The predicted molar refractivity (Wildman–Crippen MR) is 142 cm³/mol. The maximum atomic E-state index is 11.2. The van der Waals surface area contributed by atoms with Crippen LogP contribution in [0.5, 0.6) is 0 Å². The molecule has 35 heavy (non-hydrogen) atoms. The van der Waals surface area contributed by atoms with Crippen molar-refractivity contribution < 1.29 is 14.3 Å². The zero-order valence-electron chi connectivity index (χ0n) is 23.9. The zero-order valence-corrected chi connectivity index (χ0v) is 23.9. The summed E-state index contributed by atoms with van der Waals surface area (Å²) < 4.78 is 11.7. The van der Waals surface area contributed by atoms with E-state index in [-0.39, 0.29) is 16.9 Å². The number of carbonyl (C=O) groups excluding carboxylic acids is 1. The van der Waals surface area contributed by atoms with Gasteiger partial charge in [-0.25, -0.2) is 0 Å². The minimum Gasteiger partial charge on any atom is -0.464 e. The van der Waals surface area contributed by atoms with Crippen molar-refractivity contribution in [3.63, 3.8) is 0 Å². The predicted octanol–water partition coefficient (Wildman–Crippen LogP) is 7.97. The largest absolute Gasteiger partial charge is 0.464 e. The Morgan fingerprint density at radius 1 is 0.771 bits per heavy atom. The van der Waals surface area contributed by atoms with Crippen LogP contribution in [-0.4, -0.2) is 25.8 Å². The second-order valence-corrected chi connectivity index (χ2v) is 15.3. The summed E-state index contributed by atoms with van der Waals surface area (Å²) in [6.07, 6.45) is 15.7. The molecule has 0 spiro atoms. The molecular formula is C32H52O3. The average molecular weight is 485 g/mol. The van der Waals surface area contributed by atoms with E-state index in [0.717, 1.165) is 24.7 Å². The molecule has 0 bridgehead atoms. The van der Waals surface area contributed by atoms with Crippen LogP contribution in [0.2, 0.25) is 0 Å². The molecule has 0 N–H and O–H groups in total. The topological polar surface area (TPSA) is 35.5 Å². The number of ether oxygens (including phenoxy) is 2. The van der Waals surface area contributed by atoms with Gasteiger partial charge >= 0.3 is 0 Å². The first-order chi connectivity index (χ1) is 16.3. The molecular weight excluding hydrogens is 432 g/mol. The highest BCUT2D eigenvalue weighted by atomic mass is 16.5.